The van der Waals surface area contributed by atoms with Crippen LogP contribution in [0.1, 0.15) is 29.8 Å². The molecule has 0 fully saturated rings. The summed E-state index contributed by atoms with van der Waals surface area (Å²) in [5.41, 5.74) is 3.10. The third kappa shape index (κ3) is 4.31. The highest BCUT2D eigenvalue weighted by molar-refractivity contribution is 6.05. The topological polar surface area (TPSA) is 71.1 Å². The lowest BCUT2D eigenvalue weighted by Crippen LogP contribution is -2.47. The molecule has 3 aromatic rings. The summed E-state index contributed by atoms with van der Waals surface area (Å²) in [4.78, 5) is 29.7. The number of pyridine rings is 1. The maximum Gasteiger partial charge on any atom is 0.251 e. The first kappa shape index (κ1) is 18.6. The molecule has 1 heterocycles. The number of aromatic nitrogens is 1. The number of aryl methyl sites for hydroxylation is 1. The van der Waals surface area contributed by atoms with Crippen molar-refractivity contribution in [2.45, 2.75) is 26.8 Å². The van der Waals surface area contributed by atoms with Gasteiger partial charge in [0.25, 0.3) is 5.91 Å². The molecule has 2 amide bonds. The molecule has 0 radical (unpaired) electrons. The highest BCUT2D eigenvalue weighted by Gasteiger charge is 2.25. The maximum absolute atomic E-state index is 12.9. The summed E-state index contributed by atoms with van der Waals surface area (Å²) in [6.45, 7) is 5.78. The Bertz CT molecular complexity index is 959. The van der Waals surface area contributed by atoms with Gasteiger partial charge >= 0.3 is 0 Å². The van der Waals surface area contributed by atoms with Gasteiger partial charge in [0.05, 0.1) is 11.2 Å². The number of carbonyl (C=O) groups excluding carboxylic acids is 2. The second kappa shape index (κ2) is 7.99. The molecular weight excluding hydrogens is 338 g/mol. The molecule has 0 saturated heterocycles. The van der Waals surface area contributed by atoms with Crippen LogP contribution in [-0.4, -0.2) is 22.8 Å². The summed E-state index contributed by atoms with van der Waals surface area (Å²) in [6, 6.07) is 15.9. The molecule has 0 spiro atoms. The summed E-state index contributed by atoms with van der Waals surface area (Å²) >= 11 is 0. The van der Waals surface area contributed by atoms with Gasteiger partial charge in [-0.25, -0.2) is 0 Å². The quantitative estimate of drug-likeness (QED) is 0.723. The van der Waals surface area contributed by atoms with Crippen LogP contribution in [-0.2, 0) is 4.79 Å². The van der Waals surface area contributed by atoms with Crippen LogP contribution in [0.15, 0.2) is 60.8 Å². The van der Waals surface area contributed by atoms with E-state index in [9.17, 15) is 9.59 Å². The Kier molecular flexibility index (Phi) is 5.50. The molecule has 0 bridgehead atoms. The lowest BCUT2D eigenvalue weighted by molar-refractivity contribution is -0.118. The lowest BCUT2D eigenvalue weighted by atomic mass is 10.0. The minimum Gasteiger partial charge on any atom is -0.340 e. The monoisotopic (exact) mass is 361 g/mol. The number of fused-ring (bicyclic) bond motifs is 1. The van der Waals surface area contributed by atoms with Crippen molar-refractivity contribution in [3.8, 4) is 0 Å². The van der Waals surface area contributed by atoms with Gasteiger partial charge in [-0.15, -0.1) is 0 Å². The van der Waals surface area contributed by atoms with Gasteiger partial charge in [0, 0.05) is 17.1 Å². The molecule has 138 valence electrons. The van der Waals surface area contributed by atoms with Crippen molar-refractivity contribution in [2.24, 2.45) is 5.92 Å². The standard InChI is InChI=1S/C22H23N3O2/c1-14(2)20(25-21(26)16-11-9-15(3)10-12-16)22(27)24-19-8-4-7-18-17(19)6-5-13-23-18/h4-14,20H,1-3H3,(H,24,27)(H,25,26). The first-order valence-electron chi connectivity index (χ1n) is 8.98. The number of carbonyl (C=O) groups is 2. The van der Waals surface area contributed by atoms with Gasteiger partial charge in [0.1, 0.15) is 6.04 Å². The van der Waals surface area contributed by atoms with E-state index in [1.54, 1.807) is 18.3 Å². The Balaban J connectivity index is 1.79. The third-order valence-electron chi connectivity index (χ3n) is 4.45. The number of hydrogen-bond acceptors (Lipinski definition) is 3. The van der Waals surface area contributed by atoms with Crippen LogP contribution in [0, 0.1) is 12.8 Å². The number of nitrogens with zero attached hydrogens (tertiary/aromatic N) is 1. The van der Waals surface area contributed by atoms with Crippen molar-refractivity contribution >= 4 is 28.4 Å². The van der Waals surface area contributed by atoms with Crippen LogP contribution in [0.25, 0.3) is 10.9 Å². The Morgan fingerprint density at radius 1 is 0.963 bits per heavy atom. The minimum absolute atomic E-state index is 0.0625. The molecule has 0 aliphatic heterocycles. The average molecular weight is 361 g/mol. The van der Waals surface area contributed by atoms with Gasteiger partial charge in [-0.05, 0) is 49.2 Å². The fraction of sp³-hybridized carbons (Fsp3) is 0.227. The van der Waals surface area contributed by atoms with Gasteiger partial charge < -0.3 is 10.6 Å². The van der Waals surface area contributed by atoms with E-state index in [4.69, 9.17) is 0 Å². The van der Waals surface area contributed by atoms with Crippen molar-refractivity contribution in [1.82, 2.24) is 10.3 Å². The normalized spacial score (nSPS) is 12.0. The van der Waals surface area contributed by atoms with Crippen LogP contribution < -0.4 is 10.6 Å². The van der Waals surface area contributed by atoms with Crippen LogP contribution in [0.3, 0.4) is 0 Å². The average Bonchev–Trinajstić information content (AvgIpc) is 2.66. The Morgan fingerprint density at radius 2 is 1.70 bits per heavy atom. The third-order valence-corrected chi connectivity index (χ3v) is 4.45. The van der Waals surface area contributed by atoms with Gasteiger partial charge in [0.15, 0.2) is 0 Å². The van der Waals surface area contributed by atoms with Crippen LogP contribution in [0.4, 0.5) is 5.69 Å². The molecule has 0 saturated carbocycles. The summed E-state index contributed by atoms with van der Waals surface area (Å²) in [6.07, 6.45) is 1.71. The summed E-state index contributed by atoms with van der Waals surface area (Å²) < 4.78 is 0. The largest absolute Gasteiger partial charge is 0.340 e. The van der Waals surface area contributed by atoms with Gasteiger partial charge in [0.2, 0.25) is 5.91 Å². The maximum atomic E-state index is 12.9. The molecule has 27 heavy (non-hydrogen) atoms. The molecule has 5 heteroatoms. The predicted molar refractivity (Wildman–Crippen MR) is 108 cm³/mol. The fourth-order valence-corrected chi connectivity index (χ4v) is 2.89. The van der Waals surface area contributed by atoms with E-state index in [0.29, 0.717) is 11.3 Å². The molecule has 1 atom stereocenters. The molecule has 3 rings (SSSR count). The van der Waals surface area contributed by atoms with Crippen LogP contribution >= 0.6 is 0 Å². The smallest absolute Gasteiger partial charge is 0.251 e. The molecule has 2 aromatic carbocycles. The first-order chi connectivity index (χ1) is 13.0. The Labute approximate surface area is 158 Å². The SMILES string of the molecule is Cc1ccc(C(=O)NC(C(=O)Nc2cccc3ncccc23)C(C)C)cc1. The Hall–Kier alpha value is -3.21. The number of rotatable bonds is 5. The van der Waals surface area contributed by atoms with E-state index in [-0.39, 0.29) is 17.7 Å². The van der Waals surface area contributed by atoms with E-state index in [1.165, 1.54) is 0 Å². The zero-order valence-corrected chi connectivity index (χ0v) is 15.7. The zero-order valence-electron chi connectivity index (χ0n) is 15.7. The highest BCUT2D eigenvalue weighted by atomic mass is 16.2. The summed E-state index contributed by atoms with van der Waals surface area (Å²) in [7, 11) is 0. The van der Waals surface area contributed by atoms with E-state index in [0.717, 1.165) is 16.5 Å². The molecule has 0 aliphatic rings. The number of nitrogens with one attached hydrogen (secondary N) is 2. The molecule has 2 N–H and O–H groups in total. The van der Waals surface area contributed by atoms with Gasteiger partial charge in [-0.2, -0.15) is 0 Å². The van der Waals surface area contributed by atoms with Gasteiger partial charge in [-0.3, -0.25) is 14.6 Å². The number of amides is 2. The number of benzene rings is 2. The molecule has 1 aromatic heterocycles. The second-order valence-electron chi connectivity index (χ2n) is 6.93. The molecular formula is C22H23N3O2. The second-order valence-corrected chi connectivity index (χ2v) is 6.93. The first-order valence-corrected chi connectivity index (χ1v) is 8.98. The van der Waals surface area contributed by atoms with Gasteiger partial charge in [-0.1, -0.05) is 37.6 Å². The summed E-state index contributed by atoms with van der Waals surface area (Å²) in [5, 5.41) is 6.65. The minimum atomic E-state index is -0.647. The van der Waals surface area contributed by atoms with Crippen molar-refractivity contribution in [1.29, 1.82) is 0 Å². The van der Waals surface area contributed by atoms with Crippen molar-refractivity contribution in [3.63, 3.8) is 0 Å². The molecule has 1 unspecified atom stereocenters. The molecule has 0 aliphatic carbocycles. The van der Waals surface area contributed by atoms with Crippen molar-refractivity contribution in [3.05, 3.63) is 71.9 Å². The van der Waals surface area contributed by atoms with Crippen LogP contribution in [0.5, 0.6) is 0 Å². The van der Waals surface area contributed by atoms with E-state index < -0.39 is 6.04 Å². The van der Waals surface area contributed by atoms with E-state index in [1.807, 2.05) is 63.2 Å². The fourth-order valence-electron chi connectivity index (χ4n) is 2.89. The number of hydrogen-bond donors (Lipinski definition) is 2. The van der Waals surface area contributed by atoms with E-state index in [2.05, 4.69) is 15.6 Å². The van der Waals surface area contributed by atoms with E-state index >= 15 is 0 Å². The van der Waals surface area contributed by atoms with Crippen molar-refractivity contribution in [2.75, 3.05) is 5.32 Å². The zero-order chi connectivity index (χ0) is 19.4. The van der Waals surface area contributed by atoms with Crippen LogP contribution in [0.2, 0.25) is 0 Å². The Morgan fingerprint density at radius 3 is 2.41 bits per heavy atom. The lowest BCUT2D eigenvalue weighted by Gasteiger charge is -2.22. The number of anilines is 1. The molecule has 5 nitrogen and oxygen atoms in total. The summed E-state index contributed by atoms with van der Waals surface area (Å²) in [5.74, 6) is -0.572. The van der Waals surface area contributed by atoms with Crippen molar-refractivity contribution < 1.29 is 9.59 Å². The highest BCUT2D eigenvalue weighted by Crippen LogP contribution is 2.22. The predicted octanol–water partition coefficient (Wildman–Crippen LogP) is 3.94.